The molecule has 2 heterocycles. The summed E-state index contributed by atoms with van der Waals surface area (Å²) in [7, 11) is 0. The van der Waals surface area contributed by atoms with Gasteiger partial charge < -0.3 is 9.13 Å². The van der Waals surface area contributed by atoms with Crippen LogP contribution in [0.3, 0.4) is 0 Å². The van der Waals surface area contributed by atoms with Crippen molar-refractivity contribution in [2.75, 3.05) is 0 Å². The molecule has 2 nitrogen and oxygen atoms in total. The first-order valence-corrected chi connectivity index (χ1v) is 15.0. The molecule has 4 aromatic carbocycles. The molecule has 0 radical (unpaired) electrons. The summed E-state index contributed by atoms with van der Waals surface area (Å²) in [5.74, 6) is 0. The maximum Gasteiger partial charge on any atom is 0.0588 e. The van der Waals surface area contributed by atoms with Gasteiger partial charge in [0.15, 0.2) is 0 Å². The van der Waals surface area contributed by atoms with Gasteiger partial charge in [-0.05, 0) is 72.7 Å². The van der Waals surface area contributed by atoms with Crippen LogP contribution in [-0.2, 0) is 11.8 Å². The molecule has 3 aliphatic carbocycles. The second kappa shape index (κ2) is 8.24. The highest BCUT2D eigenvalue weighted by Gasteiger charge is 2.40. The summed E-state index contributed by atoms with van der Waals surface area (Å²) in [5, 5.41) is 4.00. The number of para-hydroxylation sites is 2. The number of nitrogens with zero attached hydrogens (tertiary/aromatic N) is 2. The fourth-order valence-electron chi connectivity index (χ4n) is 8.14. The standard InChI is InChI=1S/C39H32N2/c1-39(2)33-18-7-3-14-27(33)31-22-23-32-30-17-6-10-21-36(30)41(38(32)37(31)39)26-13-11-12-25(24-26)40-34-19-8-4-15-28(34)29-16-5-9-20-35(29)40/h3-6,8,10-17,19,21-24H,7,9,18,20H2,1-2H3. The fourth-order valence-corrected chi connectivity index (χ4v) is 8.14. The molecule has 3 aliphatic rings. The minimum absolute atomic E-state index is 0.0132. The molecule has 0 saturated carbocycles. The normalized spacial score (nSPS) is 17.0. The monoisotopic (exact) mass is 528 g/mol. The van der Waals surface area contributed by atoms with Gasteiger partial charge in [-0.2, -0.15) is 0 Å². The van der Waals surface area contributed by atoms with Crippen molar-refractivity contribution < 1.29 is 0 Å². The summed E-state index contributed by atoms with van der Waals surface area (Å²) in [4.78, 5) is 0. The van der Waals surface area contributed by atoms with E-state index < -0.39 is 0 Å². The molecule has 0 atom stereocenters. The van der Waals surface area contributed by atoms with Crippen LogP contribution in [0.4, 0.5) is 0 Å². The highest BCUT2D eigenvalue weighted by molar-refractivity contribution is 6.13. The van der Waals surface area contributed by atoms with E-state index in [1.54, 1.807) is 5.57 Å². The van der Waals surface area contributed by atoms with Crippen LogP contribution in [0.15, 0.2) is 109 Å². The van der Waals surface area contributed by atoms with Gasteiger partial charge in [-0.1, -0.05) is 98.3 Å². The Morgan fingerprint density at radius 2 is 1.34 bits per heavy atom. The lowest BCUT2D eigenvalue weighted by Crippen LogP contribution is -2.19. The Hall–Kier alpha value is -4.56. The lowest BCUT2D eigenvalue weighted by molar-refractivity contribution is 0.610. The van der Waals surface area contributed by atoms with E-state index in [0.29, 0.717) is 0 Å². The molecule has 41 heavy (non-hydrogen) atoms. The fraction of sp³-hybridized carbons (Fsp3) is 0.179. The van der Waals surface area contributed by atoms with E-state index in [9.17, 15) is 0 Å². The van der Waals surface area contributed by atoms with E-state index in [2.05, 4.69) is 132 Å². The van der Waals surface area contributed by atoms with Crippen molar-refractivity contribution in [2.24, 2.45) is 0 Å². The zero-order chi connectivity index (χ0) is 27.3. The molecule has 0 amide bonds. The number of rotatable bonds is 2. The van der Waals surface area contributed by atoms with Crippen LogP contribution in [-0.4, -0.2) is 9.13 Å². The van der Waals surface area contributed by atoms with Gasteiger partial charge in [0.05, 0.1) is 16.6 Å². The molecule has 198 valence electrons. The van der Waals surface area contributed by atoms with Crippen molar-refractivity contribution in [1.82, 2.24) is 9.13 Å². The number of hydrogen-bond acceptors (Lipinski definition) is 0. The van der Waals surface area contributed by atoms with Gasteiger partial charge in [-0.25, -0.2) is 0 Å². The maximum atomic E-state index is 2.55. The zero-order valence-electron chi connectivity index (χ0n) is 23.6. The van der Waals surface area contributed by atoms with E-state index >= 15 is 0 Å². The van der Waals surface area contributed by atoms with Crippen molar-refractivity contribution in [3.05, 3.63) is 131 Å². The molecule has 2 heteroatoms. The second-order valence-corrected chi connectivity index (χ2v) is 12.4. The molecule has 0 bridgehead atoms. The molecular formula is C39H32N2. The molecular weight excluding hydrogens is 496 g/mol. The van der Waals surface area contributed by atoms with E-state index in [1.165, 1.54) is 72.0 Å². The second-order valence-electron chi connectivity index (χ2n) is 12.4. The van der Waals surface area contributed by atoms with Crippen molar-refractivity contribution in [2.45, 2.75) is 44.9 Å². The number of hydrogen-bond donors (Lipinski definition) is 0. The van der Waals surface area contributed by atoms with Crippen LogP contribution in [0.25, 0.3) is 55.7 Å². The number of benzene rings is 4. The van der Waals surface area contributed by atoms with Crippen LogP contribution < -0.4 is 0 Å². The summed E-state index contributed by atoms with van der Waals surface area (Å²) in [6, 6.07) is 31.8. The molecule has 0 fully saturated rings. The maximum absolute atomic E-state index is 2.55. The van der Waals surface area contributed by atoms with Crippen molar-refractivity contribution in [3.8, 4) is 11.4 Å². The Kier molecular flexibility index (Phi) is 4.66. The summed E-state index contributed by atoms with van der Waals surface area (Å²) in [6.07, 6.45) is 13.8. The van der Waals surface area contributed by atoms with E-state index in [1.807, 2.05) is 0 Å². The molecule has 2 aromatic heterocycles. The lowest BCUT2D eigenvalue weighted by atomic mass is 9.78. The van der Waals surface area contributed by atoms with Gasteiger partial charge in [0.1, 0.15) is 0 Å². The zero-order valence-corrected chi connectivity index (χ0v) is 23.6. The molecule has 0 saturated heterocycles. The highest BCUT2D eigenvalue weighted by Crippen LogP contribution is 2.53. The average molecular weight is 529 g/mol. The van der Waals surface area contributed by atoms with Gasteiger partial charge in [-0.3, -0.25) is 0 Å². The quantitative estimate of drug-likeness (QED) is 0.212. The van der Waals surface area contributed by atoms with Gasteiger partial charge in [0, 0.05) is 44.2 Å². The van der Waals surface area contributed by atoms with E-state index in [-0.39, 0.29) is 5.41 Å². The van der Waals surface area contributed by atoms with Gasteiger partial charge in [0.25, 0.3) is 0 Å². The van der Waals surface area contributed by atoms with E-state index in [0.717, 1.165) is 25.7 Å². The van der Waals surface area contributed by atoms with Crippen molar-refractivity contribution in [1.29, 1.82) is 0 Å². The third-order valence-electron chi connectivity index (χ3n) is 9.87. The van der Waals surface area contributed by atoms with Gasteiger partial charge >= 0.3 is 0 Å². The Morgan fingerprint density at radius 3 is 2.20 bits per heavy atom. The van der Waals surface area contributed by atoms with Crippen LogP contribution in [0.1, 0.15) is 55.5 Å². The molecule has 0 unspecified atom stereocenters. The minimum Gasteiger partial charge on any atom is -0.313 e. The average Bonchev–Trinajstić information content (AvgIpc) is 3.61. The number of fused-ring (bicyclic) bond motifs is 9. The van der Waals surface area contributed by atoms with Gasteiger partial charge in [0.2, 0.25) is 0 Å². The smallest absolute Gasteiger partial charge is 0.0588 e. The van der Waals surface area contributed by atoms with Crippen LogP contribution in [0.2, 0.25) is 0 Å². The topological polar surface area (TPSA) is 9.86 Å². The first-order chi connectivity index (χ1) is 20.1. The third-order valence-corrected chi connectivity index (χ3v) is 9.87. The predicted molar refractivity (Wildman–Crippen MR) is 173 cm³/mol. The van der Waals surface area contributed by atoms with E-state index in [4.69, 9.17) is 0 Å². The first kappa shape index (κ1) is 23.2. The van der Waals surface area contributed by atoms with Gasteiger partial charge in [-0.15, -0.1) is 0 Å². The SMILES string of the molecule is CC1(C)C2=C(C=CCC2)c2ccc3c4ccccc4n(-c4cccc(-n5c6c(c7ccccc75)C=CCC6)c4)c3c21. The minimum atomic E-state index is -0.0132. The first-order valence-electron chi connectivity index (χ1n) is 15.0. The van der Waals surface area contributed by atoms with Crippen LogP contribution >= 0.6 is 0 Å². The molecule has 0 aliphatic heterocycles. The van der Waals surface area contributed by atoms with Crippen LogP contribution in [0.5, 0.6) is 0 Å². The number of aromatic nitrogens is 2. The Bertz CT molecular complexity index is 2170. The largest absolute Gasteiger partial charge is 0.313 e. The third kappa shape index (κ3) is 3.03. The predicted octanol–water partition coefficient (Wildman–Crippen LogP) is 10.1. The Labute approximate surface area is 240 Å². The highest BCUT2D eigenvalue weighted by atomic mass is 15.0. The van der Waals surface area contributed by atoms with Crippen LogP contribution in [0, 0.1) is 0 Å². The molecule has 0 spiro atoms. The number of allylic oxidation sites excluding steroid dienone is 5. The lowest BCUT2D eigenvalue weighted by Gasteiger charge is -2.27. The molecule has 6 aromatic rings. The molecule has 9 rings (SSSR count). The molecule has 0 N–H and O–H groups in total. The summed E-state index contributed by atoms with van der Waals surface area (Å²) in [6.45, 7) is 4.88. The Balaban J connectivity index is 1.35. The summed E-state index contributed by atoms with van der Waals surface area (Å²) >= 11 is 0. The summed E-state index contributed by atoms with van der Waals surface area (Å²) < 4.78 is 5.06. The van der Waals surface area contributed by atoms with Crippen molar-refractivity contribution in [3.63, 3.8) is 0 Å². The summed E-state index contributed by atoms with van der Waals surface area (Å²) in [5.41, 5.74) is 15.1. The Morgan fingerprint density at radius 1 is 0.634 bits per heavy atom. The van der Waals surface area contributed by atoms with Crippen molar-refractivity contribution >= 4 is 44.4 Å².